The smallest absolute Gasteiger partial charge is 0.237 e. The van der Waals surface area contributed by atoms with Crippen LogP contribution in [-0.4, -0.2) is 16.8 Å². The maximum Gasteiger partial charge on any atom is 0.237 e. The van der Waals surface area contributed by atoms with Gasteiger partial charge < -0.3 is 5.73 Å². The van der Waals surface area contributed by atoms with Crippen molar-refractivity contribution < 1.29 is 9.59 Å². The third-order valence-corrected chi connectivity index (χ3v) is 4.50. The zero-order chi connectivity index (χ0) is 14.4. The molecular formula is C15H16N2O2S. The molecule has 1 aromatic rings. The van der Waals surface area contributed by atoms with Gasteiger partial charge in [0.1, 0.15) is 4.99 Å². The standard InChI is InChI=1S/C15H16N2O2S/c1-8-5-11-12(6-8)15(19)17(14(11)18)10-4-2-3-9(7-10)13(16)20/h2-4,7-8,11-12H,5-6H2,1H3,(H2,16,20). The van der Waals surface area contributed by atoms with Gasteiger partial charge in [0.15, 0.2) is 0 Å². The van der Waals surface area contributed by atoms with Crippen LogP contribution in [0.1, 0.15) is 25.3 Å². The number of benzene rings is 1. The van der Waals surface area contributed by atoms with Gasteiger partial charge in [-0.2, -0.15) is 0 Å². The number of amides is 2. The first-order valence-corrected chi connectivity index (χ1v) is 7.17. The first-order chi connectivity index (χ1) is 9.49. The summed E-state index contributed by atoms with van der Waals surface area (Å²) >= 11 is 4.94. The maximum atomic E-state index is 12.5. The predicted octanol–water partition coefficient (Wildman–Crippen LogP) is 1.86. The molecule has 4 nitrogen and oxygen atoms in total. The fourth-order valence-electron chi connectivity index (χ4n) is 3.33. The first kappa shape index (κ1) is 13.2. The van der Waals surface area contributed by atoms with E-state index >= 15 is 0 Å². The second-order valence-electron chi connectivity index (χ2n) is 5.72. The highest BCUT2D eigenvalue weighted by atomic mass is 32.1. The molecule has 0 bridgehead atoms. The van der Waals surface area contributed by atoms with Crippen molar-refractivity contribution in [3.63, 3.8) is 0 Å². The van der Waals surface area contributed by atoms with Crippen LogP contribution in [0.3, 0.4) is 0 Å². The molecule has 2 unspecified atom stereocenters. The minimum atomic E-state index is -0.147. The number of anilines is 1. The fraction of sp³-hybridized carbons (Fsp3) is 0.400. The van der Waals surface area contributed by atoms with Crippen molar-refractivity contribution in [2.45, 2.75) is 19.8 Å². The van der Waals surface area contributed by atoms with Crippen molar-refractivity contribution in [2.24, 2.45) is 23.5 Å². The molecule has 1 aromatic carbocycles. The molecule has 0 radical (unpaired) electrons. The summed E-state index contributed by atoms with van der Waals surface area (Å²) in [7, 11) is 0. The van der Waals surface area contributed by atoms with E-state index in [0.29, 0.717) is 17.2 Å². The molecule has 2 N–H and O–H groups in total. The molecule has 3 rings (SSSR count). The van der Waals surface area contributed by atoms with E-state index < -0.39 is 0 Å². The van der Waals surface area contributed by atoms with Gasteiger partial charge in [-0.15, -0.1) is 0 Å². The fourth-order valence-corrected chi connectivity index (χ4v) is 3.46. The molecule has 5 heteroatoms. The van der Waals surface area contributed by atoms with E-state index in [1.54, 1.807) is 24.3 Å². The molecule has 2 atom stereocenters. The second-order valence-corrected chi connectivity index (χ2v) is 6.16. The molecule has 0 aromatic heterocycles. The van der Waals surface area contributed by atoms with Gasteiger partial charge in [0.05, 0.1) is 17.5 Å². The van der Waals surface area contributed by atoms with Crippen LogP contribution >= 0.6 is 12.2 Å². The zero-order valence-electron chi connectivity index (χ0n) is 11.2. The Hall–Kier alpha value is -1.75. The van der Waals surface area contributed by atoms with Gasteiger partial charge in [0.25, 0.3) is 0 Å². The van der Waals surface area contributed by atoms with Crippen molar-refractivity contribution >= 4 is 34.7 Å². The molecule has 2 amide bonds. The van der Waals surface area contributed by atoms with E-state index in [4.69, 9.17) is 18.0 Å². The molecule has 20 heavy (non-hydrogen) atoms. The monoisotopic (exact) mass is 288 g/mol. The van der Waals surface area contributed by atoms with E-state index in [1.165, 1.54) is 4.90 Å². The van der Waals surface area contributed by atoms with Crippen molar-refractivity contribution in [3.05, 3.63) is 29.8 Å². The third-order valence-electron chi connectivity index (χ3n) is 4.26. The summed E-state index contributed by atoms with van der Waals surface area (Å²) in [6, 6.07) is 7.01. The number of carbonyl (C=O) groups excluding carboxylic acids is 2. The average Bonchev–Trinajstić information content (AvgIpc) is 2.89. The summed E-state index contributed by atoms with van der Waals surface area (Å²) < 4.78 is 0. The molecule has 1 aliphatic heterocycles. The number of carbonyl (C=O) groups is 2. The van der Waals surface area contributed by atoms with E-state index in [0.717, 1.165) is 12.8 Å². The number of thiocarbonyl (C=S) groups is 1. The Balaban J connectivity index is 1.96. The van der Waals surface area contributed by atoms with Crippen molar-refractivity contribution in [2.75, 3.05) is 4.90 Å². The molecule has 0 spiro atoms. The largest absolute Gasteiger partial charge is 0.389 e. The number of imide groups is 1. The van der Waals surface area contributed by atoms with E-state index in [1.807, 2.05) is 0 Å². The number of hydrogen-bond donors (Lipinski definition) is 1. The molecular weight excluding hydrogens is 272 g/mol. The zero-order valence-corrected chi connectivity index (χ0v) is 12.0. The Labute approximate surface area is 122 Å². The lowest BCUT2D eigenvalue weighted by Gasteiger charge is -2.17. The molecule has 1 heterocycles. The minimum Gasteiger partial charge on any atom is -0.389 e. The lowest BCUT2D eigenvalue weighted by Crippen LogP contribution is -2.32. The molecule has 104 valence electrons. The summed E-state index contributed by atoms with van der Waals surface area (Å²) in [6.45, 7) is 2.09. The molecule has 1 saturated carbocycles. The van der Waals surface area contributed by atoms with Crippen LogP contribution in [0, 0.1) is 17.8 Å². The van der Waals surface area contributed by atoms with Gasteiger partial charge in [-0.05, 0) is 30.9 Å². The third kappa shape index (κ3) is 1.93. The SMILES string of the molecule is CC1CC2C(=O)N(c3cccc(C(N)=S)c3)C(=O)C2C1. The number of nitrogens with zero attached hydrogens (tertiary/aromatic N) is 1. The maximum absolute atomic E-state index is 12.5. The summed E-state index contributed by atoms with van der Waals surface area (Å²) in [4.78, 5) is 26.5. The van der Waals surface area contributed by atoms with E-state index in [-0.39, 0.29) is 28.6 Å². The van der Waals surface area contributed by atoms with Crippen molar-refractivity contribution in [1.82, 2.24) is 0 Å². The number of hydrogen-bond acceptors (Lipinski definition) is 3. The van der Waals surface area contributed by atoms with Crippen LogP contribution in [0.15, 0.2) is 24.3 Å². The summed E-state index contributed by atoms with van der Waals surface area (Å²) in [6.07, 6.45) is 1.61. The van der Waals surface area contributed by atoms with E-state index in [9.17, 15) is 9.59 Å². The second kappa shape index (κ2) is 4.66. The van der Waals surface area contributed by atoms with Crippen molar-refractivity contribution in [3.8, 4) is 0 Å². The van der Waals surface area contributed by atoms with Gasteiger partial charge in [0.2, 0.25) is 11.8 Å². The van der Waals surface area contributed by atoms with Gasteiger partial charge >= 0.3 is 0 Å². The lowest BCUT2D eigenvalue weighted by molar-refractivity contribution is -0.123. The molecule has 1 saturated heterocycles. The quantitative estimate of drug-likeness (QED) is 0.666. The molecule has 1 aliphatic carbocycles. The summed E-state index contributed by atoms with van der Waals surface area (Å²) in [5.41, 5.74) is 6.85. The van der Waals surface area contributed by atoms with Gasteiger partial charge in [-0.25, -0.2) is 0 Å². The van der Waals surface area contributed by atoms with Crippen LogP contribution in [0.25, 0.3) is 0 Å². The Bertz CT molecular complexity index is 590. The van der Waals surface area contributed by atoms with Crippen LogP contribution in [-0.2, 0) is 9.59 Å². The summed E-state index contributed by atoms with van der Waals surface area (Å²) in [5, 5.41) is 0. The Morgan fingerprint density at radius 2 is 1.85 bits per heavy atom. The van der Waals surface area contributed by atoms with Crippen LogP contribution in [0.5, 0.6) is 0 Å². The lowest BCUT2D eigenvalue weighted by atomic mass is 10.00. The number of nitrogens with two attached hydrogens (primary N) is 1. The molecule has 2 fully saturated rings. The Morgan fingerprint density at radius 1 is 1.25 bits per heavy atom. The first-order valence-electron chi connectivity index (χ1n) is 6.76. The highest BCUT2D eigenvalue weighted by Gasteiger charge is 2.52. The Morgan fingerprint density at radius 3 is 2.40 bits per heavy atom. The van der Waals surface area contributed by atoms with Crippen LogP contribution < -0.4 is 10.6 Å². The van der Waals surface area contributed by atoms with Gasteiger partial charge in [-0.1, -0.05) is 31.3 Å². The topological polar surface area (TPSA) is 63.4 Å². The number of rotatable bonds is 2. The average molecular weight is 288 g/mol. The van der Waals surface area contributed by atoms with Gasteiger partial charge in [0, 0.05) is 5.56 Å². The van der Waals surface area contributed by atoms with E-state index in [2.05, 4.69) is 6.92 Å². The highest BCUT2D eigenvalue weighted by molar-refractivity contribution is 7.80. The molecule has 2 aliphatic rings. The van der Waals surface area contributed by atoms with Gasteiger partial charge in [-0.3, -0.25) is 14.5 Å². The van der Waals surface area contributed by atoms with Crippen LogP contribution in [0.2, 0.25) is 0 Å². The van der Waals surface area contributed by atoms with Crippen molar-refractivity contribution in [1.29, 1.82) is 0 Å². The number of fused-ring (bicyclic) bond motifs is 1. The normalized spacial score (nSPS) is 28.9. The Kier molecular flexibility index (Phi) is 3.09. The van der Waals surface area contributed by atoms with Crippen LogP contribution in [0.4, 0.5) is 5.69 Å². The minimum absolute atomic E-state index is 0.0792. The predicted molar refractivity (Wildman–Crippen MR) is 80.2 cm³/mol. The summed E-state index contributed by atoms with van der Waals surface area (Å²) in [5.74, 6) is -0.00569. The highest BCUT2D eigenvalue weighted by Crippen LogP contribution is 2.44.